The monoisotopic (exact) mass is 352 g/mol. The van der Waals surface area contributed by atoms with Crippen LogP contribution < -0.4 is 0 Å². The number of rotatable bonds is 6. The summed E-state index contributed by atoms with van der Waals surface area (Å²) in [5.74, 6) is -15.5. The SMILES string of the molecule is C=COC1(OC(=O)CC(F)(F)C(F)(F)C(F)(F)F)CCCCC1. The number of hydrogen-bond acceptors (Lipinski definition) is 3. The van der Waals surface area contributed by atoms with Crippen molar-refractivity contribution in [1.29, 1.82) is 0 Å². The lowest BCUT2D eigenvalue weighted by Crippen LogP contribution is -2.53. The molecule has 1 saturated carbocycles. The first-order chi connectivity index (χ1) is 10.4. The van der Waals surface area contributed by atoms with E-state index < -0.39 is 36.2 Å². The summed E-state index contributed by atoms with van der Waals surface area (Å²) >= 11 is 0. The second-order valence-corrected chi connectivity index (χ2v) is 5.18. The molecule has 0 aromatic rings. The maximum absolute atomic E-state index is 13.2. The van der Waals surface area contributed by atoms with Gasteiger partial charge in [0.2, 0.25) is 0 Å². The molecule has 0 atom stereocenters. The van der Waals surface area contributed by atoms with E-state index in [-0.39, 0.29) is 12.8 Å². The molecule has 1 aliphatic carbocycles. The molecule has 1 aliphatic rings. The molecule has 0 heterocycles. The smallest absolute Gasteiger partial charge is 0.459 e. The maximum atomic E-state index is 13.2. The largest absolute Gasteiger partial charge is 0.460 e. The molecular weight excluding hydrogens is 337 g/mol. The molecule has 0 unspecified atom stereocenters. The van der Waals surface area contributed by atoms with Gasteiger partial charge in [-0.15, -0.1) is 0 Å². The average molecular weight is 352 g/mol. The van der Waals surface area contributed by atoms with Crippen molar-refractivity contribution < 1.29 is 45.0 Å². The first kappa shape index (κ1) is 19.6. The van der Waals surface area contributed by atoms with Crippen LogP contribution >= 0.6 is 0 Å². The Hall–Kier alpha value is -1.48. The molecule has 0 aromatic carbocycles. The molecule has 0 amide bonds. The van der Waals surface area contributed by atoms with Crippen molar-refractivity contribution in [3.63, 3.8) is 0 Å². The zero-order valence-electron chi connectivity index (χ0n) is 11.9. The summed E-state index contributed by atoms with van der Waals surface area (Å²) in [5.41, 5.74) is 0. The third kappa shape index (κ3) is 4.29. The lowest BCUT2D eigenvalue weighted by atomic mass is 9.94. The van der Waals surface area contributed by atoms with E-state index in [4.69, 9.17) is 4.74 Å². The molecule has 3 nitrogen and oxygen atoms in total. The molecular formula is C13H15F7O3. The zero-order valence-corrected chi connectivity index (χ0v) is 11.9. The summed E-state index contributed by atoms with van der Waals surface area (Å²) in [4.78, 5) is 11.5. The van der Waals surface area contributed by atoms with Crippen LogP contribution in [0.2, 0.25) is 0 Å². The van der Waals surface area contributed by atoms with E-state index in [0.717, 1.165) is 12.7 Å². The Balaban J connectivity index is 2.83. The minimum atomic E-state index is -6.49. The van der Waals surface area contributed by atoms with Crippen molar-refractivity contribution in [2.75, 3.05) is 0 Å². The Bertz CT molecular complexity index is 439. The van der Waals surface area contributed by atoms with Crippen LogP contribution in [0, 0.1) is 0 Å². The van der Waals surface area contributed by atoms with Crippen LogP contribution in [0.4, 0.5) is 30.7 Å². The Kier molecular flexibility index (Phi) is 5.58. The standard InChI is InChI=1S/C13H15F7O3/c1-2-22-10(6-4-3-5-7-10)23-9(21)8-11(14,15)12(16,17)13(18,19)20/h2H,1,3-8H2. The quantitative estimate of drug-likeness (QED) is 0.304. The molecule has 134 valence electrons. The van der Waals surface area contributed by atoms with E-state index in [1.54, 1.807) is 0 Å². The minimum Gasteiger partial charge on any atom is -0.460 e. The number of halogens is 7. The van der Waals surface area contributed by atoms with Crippen LogP contribution in [0.3, 0.4) is 0 Å². The summed E-state index contributed by atoms with van der Waals surface area (Å²) in [6, 6.07) is 0. The molecule has 0 bridgehead atoms. The second-order valence-electron chi connectivity index (χ2n) is 5.18. The average Bonchev–Trinajstić information content (AvgIpc) is 2.37. The number of carbonyl (C=O) groups excluding carboxylic acids is 1. The molecule has 10 heteroatoms. The molecule has 1 rings (SSSR count). The predicted octanol–water partition coefficient (Wildman–Crippen LogP) is 4.57. The Morgan fingerprint density at radius 1 is 1.04 bits per heavy atom. The molecule has 0 aliphatic heterocycles. The van der Waals surface area contributed by atoms with Crippen LogP contribution in [0.15, 0.2) is 12.8 Å². The van der Waals surface area contributed by atoms with Crippen LogP contribution in [-0.2, 0) is 14.3 Å². The molecule has 0 N–H and O–H groups in total. The van der Waals surface area contributed by atoms with Gasteiger partial charge in [0.1, 0.15) is 6.42 Å². The van der Waals surface area contributed by atoms with Gasteiger partial charge in [0.25, 0.3) is 5.79 Å². The fraction of sp³-hybridized carbons (Fsp3) is 0.769. The van der Waals surface area contributed by atoms with Crippen molar-refractivity contribution in [1.82, 2.24) is 0 Å². The number of ether oxygens (including phenoxy) is 2. The van der Waals surface area contributed by atoms with Crippen LogP contribution in [0.5, 0.6) is 0 Å². The van der Waals surface area contributed by atoms with E-state index in [9.17, 15) is 35.5 Å². The van der Waals surface area contributed by atoms with Gasteiger partial charge in [-0.25, -0.2) is 0 Å². The summed E-state index contributed by atoms with van der Waals surface area (Å²) in [6.07, 6.45) is -6.04. The Morgan fingerprint density at radius 2 is 1.57 bits per heavy atom. The van der Waals surface area contributed by atoms with Gasteiger partial charge in [0, 0.05) is 12.8 Å². The van der Waals surface area contributed by atoms with Crippen LogP contribution in [0.25, 0.3) is 0 Å². The third-order valence-electron chi connectivity index (χ3n) is 3.40. The highest BCUT2D eigenvalue weighted by Crippen LogP contribution is 2.48. The molecule has 1 fully saturated rings. The Morgan fingerprint density at radius 3 is 2.00 bits per heavy atom. The first-order valence-corrected chi connectivity index (χ1v) is 6.70. The molecule has 0 radical (unpaired) electrons. The Labute approximate surface area is 127 Å². The molecule has 0 aromatic heterocycles. The number of alkyl halides is 7. The fourth-order valence-electron chi connectivity index (χ4n) is 2.23. The normalized spacial score (nSPS) is 19.1. The molecule has 0 spiro atoms. The van der Waals surface area contributed by atoms with E-state index in [1.165, 1.54) is 0 Å². The van der Waals surface area contributed by atoms with E-state index in [0.29, 0.717) is 12.8 Å². The van der Waals surface area contributed by atoms with E-state index in [2.05, 4.69) is 11.3 Å². The zero-order chi connectivity index (χ0) is 17.9. The minimum absolute atomic E-state index is 0.103. The highest BCUT2D eigenvalue weighted by atomic mass is 19.4. The number of hydrogen-bond donors (Lipinski definition) is 0. The van der Waals surface area contributed by atoms with Gasteiger partial charge in [-0.3, -0.25) is 4.79 Å². The van der Waals surface area contributed by atoms with E-state index in [1.807, 2.05) is 0 Å². The van der Waals surface area contributed by atoms with Gasteiger partial charge in [0.15, 0.2) is 0 Å². The maximum Gasteiger partial charge on any atom is 0.459 e. The molecule has 23 heavy (non-hydrogen) atoms. The van der Waals surface area contributed by atoms with Crippen molar-refractivity contribution in [2.45, 2.75) is 62.3 Å². The van der Waals surface area contributed by atoms with Crippen molar-refractivity contribution in [3.05, 3.63) is 12.8 Å². The highest BCUT2D eigenvalue weighted by molar-refractivity contribution is 5.71. The lowest BCUT2D eigenvalue weighted by Gasteiger charge is -2.36. The predicted molar refractivity (Wildman–Crippen MR) is 63.8 cm³/mol. The second kappa shape index (κ2) is 6.56. The van der Waals surface area contributed by atoms with Crippen LogP contribution in [0.1, 0.15) is 38.5 Å². The van der Waals surface area contributed by atoms with Gasteiger partial charge in [0.05, 0.1) is 6.26 Å². The van der Waals surface area contributed by atoms with Gasteiger partial charge in [-0.05, 0) is 12.8 Å². The summed E-state index contributed by atoms with van der Waals surface area (Å²) in [6.45, 7) is 3.22. The number of esters is 1. The molecule has 0 saturated heterocycles. The lowest BCUT2D eigenvalue weighted by molar-refractivity contribution is -0.355. The summed E-state index contributed by atoms with van der Waals surface area (Å²) in [7, 11) is 0. The summed E-state index contributed by atoms with van der Waals surface area (Å²) < 4.78 is 97.6. The highest BCUT2D eigenvalue weighted by Gasteiger charge is 2.73. The van der Waals surface area contributed by atoms with Crippen LogP contribution in [-0.4, -0.2) is 29.8 Å². The third-order valence-corrected chi connectivity index (χ3v) is 3.40. The van der Waals surface area contributed by atoms with Gasteiger partial charge < -0.3 is 9.47 Å². The van der Waals surface area contributed by atoms with Gasteiger partial charge >= 0.3 is 24.0 Å². The number of carbonyl (C=O) groups is 1. The summed E-state index contributed by atoms with van der Waals surface area (Å²) in [5, 5.41) is 0. The van der Waals surface area contributed by atoms with Crippen molar-refractivity contribution >= 4 is 5.97 Å². The van der Waals surface area contributed by atoms with Gasteiger partial charge in [-0.2, -0.15) is 30.7 Å². The van der Waals surface area contributed by atoms with E-state index >= 15 is 0 Å². The van der Waals surface area contributed by atoms with Gasteiger partial charge in [-0.1, -0.05) is 13.0 Å². The van der Waals surface area contributed by atoms with Crippen molar-refractivity contribution in [2.24, 2.45) is 0 Å². The van der Waals surface area contributed by atoms with Crippen molar-refractivity contribution in [3.8, 4) is 0 Å². The first-order valence-electron chi connectivity index (χ1n) is 6.70. The fourth-order valence-corrected chi connectivity index (χ4v) is 2.23. The topological polar surface area (TPSA) is 35.5 Å².